The van der Waals surface area contributed by atoms with Gasteiger partial charge >= 0.3 is 18.1 Å². The van der Waals surface area contributed by atoms with Gasteiger partial charge in [0.05, 0.1) is 5.56 Å². The molecule has 0 aromatic heterocycles. The number of rotatable bonds is 3. The third-order valence-corrected chi connectivity index (χ3v) is 6.08. The Labute approximate surface area is 183 Å². The molecule has 0 unspecified atom stereocenters. The molecule has 0 N–H and O–H groups in total. The monoisotopic (exact) mass is 442 g/mol. The maximum absolute atomic E-state index is 12.7. The van der Waals surface area contributed by atoms with E-state index in [1.807, 2.05) is 13.8 Å². The van der Waals surface area contributed by atoms with Gasteiger partial charge in [-0.2, -0.15) is 13.2 Å². The summed E-state index contributed by atoms with van der Waals surface area (Å²) in [6.45, 7) is 7.59. The Hall–Kier alpha value is -3.35. The predicted molar refractivity (Wildman–Crippen MR) is 112 cm³/mol. The maximum atomic E-state index is 12.7. The van der Waals surface area contributed by atoms with Gasteiger partial charge in [-0.15, -0.1) is 0 Å². The first-order valence-electron chi connectivity index (χ1n) is 10.2. The van der Waals surface area contributed by atoms with Crippen molar-refractivity contribution in [3.63, 3.8) is 0 Å². The number of hydrogen-bond acceptors (Lipinski definition) is 4. The Morgan fingerprint density at radius 3 is 2.56 bits per heavy atom. The largest absolute Gasteiger partial charge is 0.453 e. The number of halogens is 3. The van der Waals surface area contributed by atoms with Crippen LogP contribution in [0.5, 0.6) is 5.75 Å². The molecule has 0 radical (unpaired) electrons. The highest BCUT2D eigenvalue weighted by atomic mass is 19.4. The lowest BCUT2D eigenvalue weighted by atomic mass is 9.76. The van der Waals surface area contributed by atoms with Crippen LogP contribution in [-0.4, -0.2) is 11.9 Å². The van der Waals surface area contributed by atoms with Crippen molar-refractivity contribution in [2.24, 2.45) is 5.92 Å². The average Bonchev–Trinajstić information content (AvgIpc) is 3.03. The Morgan fingerprint density at radius 1 is 1.22 bits per heavy atom. The van der Waals surface area contributed by atoms with Crippen LogP contribution in [0, 0.1) is 19.8 Å². The molecule has 32 heavy (non-hydrogen) atoms. The van der Waals surface area contributed by atoms with Crippen LogP contribution in [0.4, 0.5) is 13.2 Å². The lowest BCUT2D eigenvalue weighted by Gasteiger charge is -2.30. The summed E-state index contributed by atoms with van der Waals surface area (Å²) in [6, 6.07) is 6.25. The number of fused-ring (bicyclic) bond motifs is 3. The Morgan fingerprint density at radius 2 is 1.91 bits per heavy atom. The molecule has 2 aromatic rings. The number of alkyl halides is 3. The molecule has 0 saturated carbocycles. The van der Waals surface area contributed by atoms with E-state index in [1.54, 1.807) is 6.07 Å². The highest BCUT2D eigenvalue weighted by Gasteiger charge is 2.44. The first-order valence-corrected chi connectivity index (χ1v) is 10.2. The molecule has 7 heteroatoms. The van der Waals surface area contributed by atoms with E-state index < -0.39 is 29.8 Å². The highest BCUT2D eigenvalue weighted by Crippen LogP contribution is 2.49. The Kier molecular flexibility index (Phi) is 5.44. The van der Waals surface area contributed by atoms with E-state index >= 15 is 0 Å². The summed E-state index contributed by atoms with van der Waals surface area (Å²) in [4.78, 5) is 24.4. The summed E-state index contributed by atoms with van der Waals surface area (Å²) in [6.07, 6.45) is -0.738. The van der Waals surface area contributed by atoms with Gasteiger partial charge in [0.1, 0.15) is 11.9 Å². The van der Waals surface area contributed by atoms with Gasteiger partial charge in [-0.25, -0.2) is 9.59 Å². The van der Waals surface area contributed by atoms with Crippen LogP contribution in [-0.2, 0) is 26.9 Å². The van der Waals surface area contributed by atoms with Crippen molar-refractivity contribution < 1.29 is 32.2 Å². The topological polar surface area (TPSA) is 52.6 Å². The minimum absolute atomic E-state index is 0.0846. The van der Waals surface area contributed by atoms with E-state index in [9.17, 15) is 22.8 Å². The average molecular weight is 442 g/mol. The molecule has 1 saturated heterocycles. The first kappa shape index (κ1) is 21.9. The number of carbonyl (C=O) groups excluding carboxylic acids is 2. The van der Waals surface area contributed by atoms with Gasteiger partial charge in [-0.05, 0) is 73.2 Å². The van der Waals surface area contributed by atoms with Crippen molar-refractivity contribution in [3.05, 3.63) is 81.9 Å². The first-order chi connectivity index (χ1) is 15.1. The summed E-state index contributed by atoms with van der Waals surface area (Å²) in [5.41, 5.74) is 3.76. The van der Waals surface area contributed by atoms with E-state index in [0.29, 0.717) is 16.9 Å². The van der Waals surface area contributed by atoms with E-state index in [0.717, 1.165) is 53.3 Å². The van der Waals surface area contributed by atoms with Crippen LogP contribution >= 0.6 is 0 Å². The third kappa shape index (κ3) is 3.95. The van der Waals surface area contributed by atoms with Crippen LogP contribution in [0.2, 0.25) is 0 Å². The lowest BCUT2D eigenvalue weighted by molar-refractivity contribution is -0.140. The molecule has 0 amide bonds. The molecular formula is C25H21F3O4. The second-order valence-electron chi connectivity index (χ2n) is 8.08. The number of carbonyl (C=O) groups is 2. The smallest absolute Gasteiger partial charge is 0.416 e. The van der Waals surface area contributed by atoms with E-state index in [-0.39, 0.29) is 5.92 Å². The number of esters is 2. The van der Waals surface area contributed by atoms with Gasteiger partial charge < -0.3 is 9.47 Å². The van der Waals surface area contributed by atoms with Crippen LogP contribution in [0.1, 0.15) is 45.9 Å². The van der Waals surface area contributed by atoms with Crippen LogP contribution in [0.3, 0.4) is 0 Å². The van der Waals surface area contributed by atoms with Gasteiger partial charge in [0.2, 0.25) is 0 Å². The molecule has 166 valence electrons. The minimum Gasteiger partial charge on any atom is -0.453 e. The van der Waals surface area contributed by atoms with Crippen molar-refractivity contribution in [1.82, 2.24) is 0 Å². The van der Waals surface area contributed by atoms with Crippen LogP contribution in [0.15, 0.2) is 48.6 Å². The van der Waals surface area contributed by atoms with E-state index in [2.05, 4.69) is 6.58 Å². The Balaban J connectivity index is 1.55. The maximum Gasteiger partial charge on any atom is 0.416 e. The normalized spacial score (nSPS) is 20.2. The zero-order chi connectivity index (χ0) is 23.2. The van der Waals surface area contributed by atoms with Crippen LogP contribution in [0.25, 0.3) is 6.08 Å². The van der Waals surface area contributed by atoms with Gasteiger partial charge in [0.25, 0.3) is 0 Å². The van der Waals surface area contributed by atoms with Crippen molar-refractivity contribution in [2.45, 2.75) is 39.0 Å². The van der Waals surface area contributed by atoms with Gasteiger partial charge in [0.15, 0.2) is 0 Å². The predicted octanol–water partition coefficient (Wildman–Crippen LogP) is 5.66. The number of aryl methyl sites for hydroxylation is 1. The molecule has 0 bridgehead atoms. The molecule has 1 aliphatic carbocycles. The zero-order valence-electron chi connectivity index (χ0n) is 17.6. The second kappa shape index (κ2) is 7.97. The minimum atomic E-state index is -4.41. The fourth-order valence-electron chi connectivity index (χ4n) is 4.37. The van der Waals surface area contributed by atoms with Crippen LogP contribution < -0.4 is 4.74 Å². The molecule has 1 aliphatic heterocycles. The Bertz CT molecular complexity index is 1140. The molecule has 1 fully saturated rings. The quantitative estimate of drug-likeness (QED) is 0.350. The molecular weight excluding hydrogens is 421 g/mol. The molecule has 4 nitrogen and oxygen atoms in total. The highest BCUT2D eigenvalue weighted by molar-refractivity contribution is 5.91. The summed E-state index contributed by atoms with van der Waals surface area (Å²) in [5, 5.41) is 0. The van der Waals surface area contributed by atoms with Gasteiger partial charge in [-0.3, -0.25) is 0 Å². The molecule has 4 rings (SSSR count). The zero-order valence-corrected chi connectivity index (χ0v) is 17.6. The molecule has 2 atom stereocenters. The standard InChI is InChI=1S/C25H21F3O4/c1-13-12-20(15(3)22-18(13)9-10-19-14(2)24(30)32-23(19)22)31-21(29)11-6-16-4-7-17(8-5-16)25(26,27)28/h4-8,11-12,19,23H,2,9-10H2,1,3H3/b11-6+/t19-,23+/m0/s1. The van der Waals surface area contributed by atoms with Crippen molar-refractivity contribution >= 4 is 18.0 Å². The number of hydrogen-bond donors (Lipinski definition) is 0. The molecule has 1 heterocycles. The van der Waals surface area contributed by atoms with Gasteiger partial charge in [0, 0.05) is 23.1 Å². The van der Waals surface area contributed by atoms with E-state index in [1.165, 1.54) is 18.2 Å². The number of benzene rings is 2. The second-order valence-corrected chi connectivity index (χ2v) is 8.08. The van der Waals surface area contributed by atoms with E-state index in [4.69, 9.17) is 9.47 Å². The van der Waals surface area contributed by atoms with Crippen molar-refractivity contribution in [1.29, 1.82) is 0 Å². The summed E-state index contributed by atoms with van der Waals surface area (Å²) in [7, 11) is 0. The summed E-state index contributed by atoms with van der Waals surface area (Å²) < 4.78 is 49.1. The SMILES string of the molecule is C=C1C(=O)O[C@H]2c3c(C)c(OC(=O)/C=C/c4ccc(C(F)(F)F)cc4)cc(C)c3CC[C@@H]12. The lowest BCUT2D eigenvalue weighted by Crippen LogP contribution is -2.21. The van der Waals surface area contributed by atoms with Crippen molar-refractivity contribution in [3.8, 4) is 5.75 Å². The summed E-state index contributed by atoms with van der Waals surface area (Å²) in [5.74, 6) is -0.782. The van der Waals surface area contributed by atoms with Crippen molar-refractivity contribution in [2.75, 3.05) is 0 Å². The fourth-order valence-corrected chi connectivity index (χ4v) is 4.37. The van der Waals surface area contributed by atoms with Gasteiger partial charge in [-0.1, -0.05) is 18.7 Å². The molecule has 2 aliphatic rings. The fraction of sp³-hybridized carbons (Fsp3) is 0.280. The molecule has 0 spiro atoms. The molecule has 2 aromatic carbocycles. The number of ether oxygens (including phenoxy) is 2. The third-order valence-electron chi connectivity index (χ3n) is 6.08. The summed E-state index contributed by atoms with van der Waals surface area (Å²) >= 11 is 0.